The molecule has 1 aromatic rings. The average Bonchev–Trinajstić information content (AvgIpc) is 2.80. The van der Waals surface area contributed by atoms with Crippen molar-refractivity contribution in [1.82, 2.24) is 4.90 Å². The van der Waals surface area contributed by atoms with Crippen LogP contribution in [-0.4, -0.2) is 37.1 Å². The predicted octanol–water partition coefficient (Wildman–Crippen LogP) is 1.53. The zero-order valence-corrected chi connectivity index (χ0v) is 9.15. The Morgan fingerprint density at radius 1 is 1.31 bits per heavy atom. The fourth-order valence-electron chi connectivity index (χ4n) is 2.42. The summed E-state index contributed by atoms with van der Waals surface area (Å²) in [6, 6.07) is 3.47. The van der Waals surface area contributed by atoms with E-state index < -0.39 is 0 Å². The third-order valence-electron chi connectivity index (χ3n) is 3.66. The van der Waals surface area contributed by atoms with Gasteiger partial charge >= 0.3 is 0 Å². The normalized spacial score (nSPS) is 23.1. The van der Waals surface area contributed by atoms with E-state index in [0.717, 1.165) is 39.1 Å². The molecule has 0 aromatic carbocycles. The lowest BCUT2D eigenvalue weighted by atomic mass is 9.77. The molecule has 2 aliphatic heterocycles. The second kappa shape index (κ2) is 3.63. The molecule has 2 aliphatic rings. The summed E-state index contributed by atoms with van der Waals surface area (Å²) in [7, 11) is 0. The largest absolute Gasteiger partial charge is 0.459 e. The first-order valence-electron chi connectivity index (χ1n) is 5.70. The second-order valence-corrected chi connectivity index (χ2v) is 4.76. The molecular formula is C12H15NO3. The van der Waals surface area contributed by atoms with E-state index in [0.29, 0.717) is 11.2 Å². The number of ether oxygens (including phenoxy) is 1. The molecule has 0 unspecified atom stereocenters. The first kappa shape index (κ1) is 9.90. The summed E-state index contributed by atoms with van der Waals surface area (Å²) in [6.45, 7) is 3.39. The van der Waals surface area contributed by atoms with Gasteiger partial charge in [0.1, 0.15) is 0 Å². The van der Waals surface area contributed by atoms with Crippen LogP contribution in [0.25, 0.3) is 0 Å². The highest BCUT2D eigenvalue weighted by molar-refractivity contribution is 5.91. The van der Waals surface area contributed by atoms with E-state index in [9.17, 15) is 4.79 Å². The van der Waals surface area contributed by atoms with E-state index >= 15 is 0 Å². The van der Waals surface area contributed by atoms with E-state index in [1.54, 1.807) is 18.4 Å². The number of nitrogens with zero attached hydrogens (tertiary/aromatic N) is 1. The third kappa shape index (κ3) is 1.53. The van der Waals surface area contributed by atoms with Crippen molar-refractivity contribution in [1.29, 1.82) is 0 Å². The van der Waals surface area contributed by atoms with Gasteiger partial charge in [-0.1, -0.05) is 0 Å². The van der Waals surface area contributed by atoms with Crippen LogP contribution in [-0.2, 0) is 4.74 Å². The Hall–Kier alpha value is -1.29. The molecule has 16 heavy (non-hydrogen) atoms. The van der Waals surface area contributed by atoms with Crippen molar-refractivity contribution in [3.05, 3.63) is 24.2 Å². The first-order chi connectivity index (χ1) is 7.79. The fourth-order valence-corrected chi connectivity index (χ4v) is 2.42. The quantitative estimate of drug-likeness (QED) is 0.722. The maximum atomic E-state index is 12.0. The average molecular weight is 221 g/mol. The van der Waals surface area contributed by atoms with Crippen LogP contribution >= 0.6 is 0 Å². The van der Waals surface area contributed by atoms with Gasteiger partial charge in [-0.05, 0) is 25.0 Å². The number of piperidine rings is 1. The summed E-state index contributed by atoms with van der Waals surface area (Å²) in [5.41, 5.74) is 0.375. The fraction of sp³-hybridized carbons (Fsp3) is 0.583. The van der Waals surface area contributed by atoms with Gasteiger partial charge in [-0.25, -0.2) is 0 Å². The molecule has 2 fully saturated rings. The molecule has 3 rings (SSSR count). The summed E-state index contributed by atoms with van der Waals surface area (Å²) in [5.74, 6) is 0.459. The zero-order valence-electron chi connectivity index (χ0n) is 9.15. The molecule has 0 saturated carbocycles. The molecule has 0 bridgehead atoms. The number of hydrogen-bond acceptors (Lipinski definition) is 3. The first-order valence-corrected chi connectivity index (χ1v) is 5.70. The van der Waals surface area contributed by atoms with Crippen molar-refractivity contribution in [3.8, 4) is 0 Å². The van der Waals surface area contributed by atoms with Gasteiger partial charge in [0.25, 0.3) is 5.91 Å². The molecule has 1 amide bonds. The van der Waals surface area contributed by atoms with Crippen molar-refractivity contribution in [2.24, 2.45) is 5.41 Å². The van der Waals surface area contributed by atoms with Gasteiger partial charge in [0.15, 0.2) is 5.76 Å². The Balaban J connectivity index is 1.63. The number of amides is 1. The zero-order chi connectivity index (χ0) is 11.0. The number of rotatable bonds is 1. The van der Waals surface area contributed by atoms with Crippen LogP contribution in [0.4, 0.5) is 0 Å². The molecule has 0 atom stereocenters. The molecular weight excluding hydrogens is 206 g/mol. The lowest BCUT2D eigenvalue weighted by Gasteiger charge is -2.47. The lowest BCUT2D eigenvalue weighted by molar-refractivity contribution is -0.136. The number of carbonyl (C=O) groups excluding carboxylic acids is 1. The van der Waals surface area contributed by atoms with Gasteiger partial charge in [0.05, 0.1) is 19.5 Å². The molecule has 0 radical (unpaired) electrons. The van der Waals surface area contributed by atoms with Crippen molar-refractivity contribution in [3.63, 3.8) is 0 Å². The van der Waals surface area contributed by atoms with Gasteiger partial charge in [0.2, 0.25) is 0 Å². The van der Waals surface area contributed by atoms with Crippen LogP contribution in [0.1, 0.15) is 23.4 Å². The Bertz CT molecular complexity index is 371. The Morgan fingerprint density at radius 2 is 2.06 bits per heavy atom. The molecule has 1 spiro atoms. The monoisotopic (exact) mass is 221 g/mol. The van der Waals surface area contributed by atoms with Crippen molar-refractivity contribution in [2.45, 2.75) is 12.8 Å². The SMILES string of the molecule is O=C(c1ccco1)N1CCC2(CC1)COC2. The van der Waals surface area contributed by atoms with Crippen LogP contribution in [0.3, 0.4) is 0 Å². The molecule has 4 nitrogen and oxygen atoms in total. The number of likely N-dealkylation sites (tertiary alicyclic amines) is 1. The highest BCUT2D eigenvalue weighted by Crippen LogP contribution is 2.38. The molecule has 4 heteroatoms. The highest BCUT2D eigenvalue weighted by Gasteiger charge is 2.42. The molecule has 0 N–H and O–H groups in total. The van der Waals surface area contributed by atoms with Gasteiger partial charge < -0.3 is 14.1 Å². The smallest absolute Gasteiger partial charge is 0.289 e. The van der Waals surface area contributed by atoms with Crippen LogP contribution in [0.2, 0.25) is 0 Å². The van der Waals surface area contributed by atoms with Gasteiger partial charge in [-0.3, -0.25) is 4.79 Å². The van der Waals surface area contributed by atoms with Crippen molar-refractivity contribution < 1.29 is 13.9 Å². The van der Waals surface area contributed by atoms with E-state index in [1.807, 2.05) is 4.90 Å². The Labute approximate surface area is 94.2 Å². The minimum absolute atomic E-state index is 0.0140. The van der Waals surface area contributed by atoms with E-state index in [4.69, 9.17) is 9.15 Å². The minimum Gasteiger partial charge on any atom is -0.459 e. The highest BCUT2D eigenvalue weighted by atomic mass is 16.5. The number of hydrogen-bond donors (Lipinski definition) is 0. The van der Waals surface area contributed by atoms with E-state index in [2.05, 4.69) is 0 Å². The summed E-state index contributed by atoms with van der Waals surface area (Å²) >= 11 is 0. The van der Waals surface area contributed by atoms with Gasteiger partial charge in [0, 0.05) is 18.5 Å². The van der Waals surface area contributed by atoms with E-state index in [-0.39, 0.29) is 5.91 Å². The third-order valence-corrected chi connectivity index (χ3v) is 3.66. The summed E-state index contributed by atoms with van der Waals surface area (Å²) in [5, 5.41) is 0. The lowest BCUT2D eigenvalue weighted by Crippen LogP contribution is -2.52. The predicted molar refractivity (Wildman–Crippen MR) is 57.1 cm³/mol. The van der Waals surface area contributed by atoms with E-state index in [1.165, 1.54) is 0 Å². The standard InChI is InChI=1S/C12H15NO3/c14-11(10-2-1-7-16-10)13-5-3-12(4-6-13)8-15-9-12/h1-2,7H,3-6,8-9H2. The summed E-state index contributed by atoms with van der Waals surface area (Å²) in [4.78, 5) is 13.9. The molecule has 3 heterocycles. The van der Waals surface area contributed by atoms with Crippen molar-refractivity contribution in [2.75, 3.05) is 26.3 Å². The summed E-state index contributed by atoms with van der Waals surface area (Å²) in [6.07, 6.45) is 3.65. The molecule has 86 valence electrons. The topological polar surface area (TPSA) is 42.7 Å². The number of furan rings is 1. The van der Waals surface area contributed by atoms with Crippen molar-refractivity contribution >= 4 is 5.91 Å². The van der Waals surface area contributed by atoms with Crippen LogP contribution in [0, 0.1) is 5.41 Å². The van der Waals surface area contributed by atoms with Crippen LogP contribution in [0.15, 0.2) is 22.8 Å². The molecule has 1 aromatic heterocycles. The summed E-state index contributed by atoms with van der Waals surface area (Å²) < 4.78 is 10.4. The second-order valence-electron chi connectivity index (χ2n) is 4.76. The van der Waals surface area contributed by atoms with Crippen LogP contribution < -0.4 is 0 Å². The Kier molecular flexibility index (Phi) is 2.24. The van der Waals surface area contributed by atoms with Gasteiger partial charge in [-0.2, -0.15) is 0 Å². The Morgan fingerprint density at radius 3 is 2.56 bits per heavy atom. The molecule has 0 aliphatic carbocycles. The number of carbonyl (C=O) groups is 1. The maximum absolute atomic E-state index is 12.0. The minimum atomic E-state index is 0.0140. The molecule has 2 saturated heterocycles. The van der Waals surface area contributed by atoms with Crippen LogP contribution in [0.5, 0.6) is 0 Å². The maximum Gasteiger partial charge on any atom is 0.289 e. The van der Waals surface area contributed by atoms with Gasteiger partial charge in [-0.15, -0.1) is 0 Å².